The summed E-state index contributed by atoms with van der Waals surface area (Å²) in [7, 11) is 0. The van der Waals surface area contributed by atoms with Gasteiger partial charge in [0, 0.05) is 5.54 Å². The van der Waals surface area contributed by atoms with Gasteiger partial charge in [0.2, 0.25) is 0 Å². The highest BCUT2D eigenvalue weighted by atomic mass is 16.5. The van der Waals surface area contributed by atoms with Gasteiger partial charge in [0.05, 0.1) is 12.1 Å². The first kappa shape index (κ1) is 15.6. The number of alkyl carbamates (subject to hydrolysis) is 1. The number of nitrogens with one attached hydrogen (secondary N) is 2. The van der Waals surface area contributed by atoms with Crippen molar-refractivity contribution in [2.75, 3.05) is 24.2 Å². The summed E-state index contributed by atoms with van der Waals surface area (Å²) in [5, 5.41) is 14.4. The summed E-state index contributed by atoms with van der Waals surface area (Å²) in [4.78, 5) is 15.4. The molecule has 0 aliphatic rings. The summed E-state index contributed by atoms with van der Waals surface area (Å²) >= 11 is 0. The average molecular weight is 277 g/mol. The third-order valence-electron chi connectivity index (χ3n) is 2.16. The fourth-order valence-corrected chi connectivity index (χ4v) is 1.33. The molecule has 0 atom stereocenters. The largest absolute Gasteiger partial charge is 0.448 e. The van der Waals surface area contributed by atoms with Gasteiger partial charge in [-0.05, 0) is 32.9 Å². The highest BCUT2D eigenvalue weighted by Crippen LogP contribution is 2.11. The Morgan fingerprint density at radius 2 is 2.20 bits per heavy atom. The predicted octanol–water partition coefficient (Wildman–Crippen LogP) is 1.47. The fourth-order valence-electron chi connectivity index (χ4n) is 1.33. The van der Waals surface area contributed by atoms with Crippen molar-refractivity contribution in [1.29, 1.82) is 5.26 Å². The van der Waals surface area contributed by atoms with E-state index in [1.807, 2.05) is 26.8 Å². The Labute approximate surface area is 118 Å². The molecule has 1 rings (SSSR count). The number of nitrogen functional groups attached to an aromatic ring is 1. The maximum absolute atomic E-state index is 11.4. The summed E-state index contributed by atoms with van der Waals surface area (Å²) in [5.41, 5.74) is 5.59. The van der Waals surface area contributed by atoms with Gasteiger partial charge in [-0.3, -0.25) is 0 Å². The minimum absolute atomic E-state index is 0.170. The lowest BCUT2D eigenvalue weighted by atomic mass is 10.1. The van der Waals surface area contributed by atoms with E-state index in [1.165, 1.54) is 0 Å². The first-order chi connectivity index (χ1) is 9.31. The molecule has 0 aliphatic carbocycles. The van der Waals surface area contributed by atoms with Crippen LogP contribution in [0.2, 0.25) is 0 Å². The number of rotatable bonds is 4. The molecule has 0 unspecified atom stereocenters. The number of ether oxygens (including phenoxy) is 1. The molecule has 1 amide bonds. The van der Waals surface area contributed by atoms with Crippen molar-refractivity contribution in [1.82, 2.24) is 10.3 Å². The van der Waals surface area contributed by atoms with Crippen molar-refractivity contribution >= 4 is 17.7 Å². The summed E-state index contributed by atoms with van der Waals surface area (Å²) in [6, 6.07) is 5.16. The van der Waals surface area contributed by atoms with Crippen LogP contribution < -0.4 is 16.4 Å². The van der Waals surface area contributed by atoms with E-state index in [0.29, 0.717) is 17.9 Å². The molecule has 108 valence electrons. The molecule has 1 heterocycles. The highest BCUT2D eigenvalue weighted by Gasteiger charge is 2.14. The molecule has 4 N–H and O–H groups in total. The van der Waals surface area contributed by atoms with Gasteiger partial charge < -0.3 is 21.1 Å². The zero-order chi connectivity index (χ0) is 15.2. The number of amides is 1. The van der Waals surface area contributed by atoms with Crippen LogP contribution in [0, 0.1) is 11.3 Å². The lowest BCUT2D eigenvalue weighted by Crippen LogP contribution is -2.41. The topological polar surface area (TPSA) is 113 Å². The van der Waals surface area contributed by atoms with Gasteiger partial charge in [-0.1, -0.05) is 0 Å². The van der Waals surface area contributed by atoms with Crippen molar-refractivity contribution in [3.63, 3.8) is 0 Å². The first-order valence-electron chi connectivity index (χ1n) is 6.17. The Kier molecular flexibility index (Phi) is 5.15. The number of pyridine rings is 1. The number of anilines is 2. The zero-order valence-corrected chi connectivity index (χ0v) is 11.9. The maximum Gasteiger partial charge on any atom is 0.407 e. The molecular formula is C13H19N5O2. The molecule has 0 aromatic carbocycles. The Morgan fingerprint density at radius 3 is 2.75 bits per heavy atom. The van der Waals surface area contributed by atoms with Crippen molar-refractivity contribution < 1.29 is 9.53 Å². The van der Waals surface area contributed by atoms with Crippen LogP contribution >= 0.6 is 0 Å². The van der Waals surface area contributed by atoms with Crippen LogP contribution in [-0.2, 0) is 4.74 Å². The molecule has 0 radical (unpaired) electrons. The van der Waals surface area contributed by atoms with E-state index in [4.69, 9.17) is 15.7 Å². The van der Waals surface area contributed by atoms with Gasteiger partial charge in [0.25, 0.3) is 0 Å². The number of nitrogens with two attached hydrogens (primary N) is 1. The second-order valence-electron chi connectivity index (χ2n) is 5.18. The van der Waals surface area contributed by atoms with Crippen LogP contribution in [-0.4, -0.2) is 29.8 Å². The normalized spacial score (nSPS) is 10.5. The van der Waals surface area contributed by atoms with Crippen LogP contribution in [0.15, 0.2) is 12.1 Å². The summed E-state index contributed by atoms with van der Waals surface area (Å²) in [6.45, 7) is 6.21. The molecule has 0 spiro atoms. The Bertz CT molecular complexity index is 516. The van der Waals surface area contributed by atoms with Crippen molar-refractivity contribution in [3.8, 4) is 6.07 Å². The van der Waals surface area contributed by atoms with E-state index in [0.717, 1.165) is 0 Å². The summed E-state index contributed by atoms with van der Waals surface area (Å²) in [6.07, 6.45) is -0.466. The van der Waals surface area contributed by atoms with Crippen LogP contribution in [0.5, 0.6) is 0 Å². The number of nitriles is 1. The standard InChI is InChI=1S/C13H19N5O2/c1-13(2,3)18-12(19)20-7-6-16-10-5-4-9(8-14)11(15)17-10/h4-5H,6-7H2,1-3H3,(H,18,19)(H3,15,16,17). The van der Waals surface area contributed by atoms with Crippen molar-refractivity contribution in [2.45, 2.75) is 26.3 Å². The number of hydrogen-bond acceptors (Lipinski definition) is 6. The molecule has 0 saturated heterocycles. The highest BCUT2D eigenvalue weighted by molar-refractivity contribution is 5.68. The van der Waals surface area contributed by atoms with E-state index in [-0.39, 0.29) is 18.0 Å². The average Bonchev–Trinajstić information content (AvgIpc) is 2.33. The number of hydrogen-bond donors (Lipinski definition) is 3. The molecule has 0 bridgehead atoms. The maximum atomic E-state index is 11.4. The van der Waals surface area contributed by atoms with E-state index in [1.54, 1.807) is 12.1 Å². The minimum atomic E-state index is -0.466. The van der Waals surface area contributed by atoms with Crippen molar-refractivity contribution in [3.05, 3.63) is 17.7 Å². The third kappa shape index (κ3) is 5.44. The Morgan fingerprint density at radius 1 is 1.50 bits per heavy atom. The molecule has 7 nitrogen and oxygen atoms in total. The second kappa shape index (κ2) is 6.61. The summed E-state index contributed by atoms with van der Waals surface area (Å²) < 4.78 is 4.99. The van der Waals surface area contributed by atoms with Gasteiger partial charge in [0.1, 0.15) is 24.3 Å². The van der Waals surface area contributed by atoms with Crippen LogP contribution in [0.4, 0.5) is 16.4 Å². The van der Waals surface area contributed by atoms with Gasteiger partial charge in [-0.15, -0.1) is 0 Å². The predicted molar refractivity (Wildman–Crippen MR) is 76.1 cm³/mol. The first-order valence-corrected chi connectivity index (χ1v) is 6.17. The third-order valence-corrected chi connectivity index (χ3v) is 2.16. The zero-order valence-electron chi connectivity index (χ0n) is 11.9. The molecule has 0 saturated carbocycles. The SMILES string of the molecule is CC(C)(C)NC(=O)OCCNc1ccc(C#N)c(N)n1. The van der Waals surface area contributed by atoms with Gasteiger partial charge in [-0.25, -0.2) is 9.78 Å². The molecule has 1 aromatic rings. The molecule has 0 aliphatic heterocycles. The smallest absolute Gasteiger partial charge is 0.407 e. The molecule has 20 heavy (non-hydrogen) atoms. The lowest BCUT2D eigenvalue weighted by molar-refractivity contribution is 0.142. The fraction of sp³-hybridized carbons (Fsp3) is 0.462. The van der Waals surface area contributed by atoms with Crippen LogP contribution in [0.25, 0.3) is 0 Å². The molecule has 0 fully saturated rings. The number of carbonyl (C=O) groups is 1. The van der Waals surface area contributed by atoms with E-state index in [9.17, 15) is 4.79 Å². The van der Waals surface area contributed by atoms with E-state index < -0.39 is 6.09 Å². The lowest BCUT2D eigenvalue weighted by Gasteiger charge is -2.20. The van der Waals surface area contributed by atoms with Gasteiger partial charge in [0.15, 0.2) is 0 Å². The van der Waals surface area contributed by atoms with Crippen LogP contribution in [0.1, 0.15) is 26.3 Å². The van der Waals surface area contributed by atoms with Gasteiger partial charge >= 0.3 is 6.09 Å². The molecule has 7 heteroatoms. The quantitative estimate of drug-likeness (QED) is 0.718. The van der Waals surface area contributed by atoms with Gasteiger partial charge in [-0.2, -0.15) is 5.26 Å². The number of aromatic nitrogens is 1. The van der Waals surface area contributed by atoms with Crippen molar-refractivity contribution in [2.24, 2.45) is 0 Å². The van der Waals surface area contributed by atoms with Crippen LogP contribution in [0.3, 0.4) is 0 Å². The molecule has 1 aromatic heterocycles. The van der Waals surface area contributed by atoms with E-state index >= 15 is 0 Å². The summed E-state index contributed by atoms with van der Waals surface area (Å²) in [5.74, 6) is 0.699. The molecular weight excluding hydrogens is 258 g/mol. The Hall–Kier alpha value is -2.49. The number of nitrogens with zero attached hydrogens (tertiary/aromatic N) is 2. The monoisotopic (exact) mass is 277 g/mol. The second-order valence-corrected chi connectivity index (χ2v) is 5.18. The number of carbonyl (C=O) groups excluding carboxylic acids is 1. The van der Waals surface area contributed by atoms with E-state index in [2.05, 4.69) is 15.6 Å². The Balaban J connectivity index is 2.33. The minimum Gasteiger partial charge on any atom is -0.448 e.